The van der Waals surface area contributed by atoms with Crippen molar-refractivity contribution in [2.24, 2.45) is 0 Å². The molecule has 0 aliphatic carbocycles. The Morgan fingerprint density at radius 3 is 2.56 bits per heavy atom. The van der Waals surface area contributed by atoms with Crippen LogP contribution in [0, 0.1) is 5.82 Å². The topological polar surface area (TPSA) is 26.3 Å². The van der Waals surface area contributed by atoms with Gasteiger partial charge in [-0.2, -0.15) is 0 Å². The Hall–Kier alpha value is -1.20. The fourth-order valence-electron chi connectivity index (χ4n) is 1.37. The first-order valence-corrected chi connectivity index (χ1v) is 6.56. The molecule has 0 saturated heterocycles. The molecular formula is C13H7Br2FO2. The summed E-state index contributed by atoms with van der Waals surface area (Å²) in [6.45, 7) is 0. The van der Waals surface area contributed by atoms with E-state index in [0.29, 0.717) is 27.8 Å². The fourth-order valence-corrected chi connectivity index (χ4v) is 2.00. The van der Waals surface area contributed by atoms with Gasteiger partial charge in [-0.25, -0.2) is 4.39 Å². The van der Waals surface area contributed by atoms with E-state index in [4.69, 9.17) is 4.74 Å². The van der Waals surface area contributed by atoms with Gasteiger partial charge in [-0.3, -0.25) is 4.79 Å². The molecule has 0 atom stereocenters. The zero-order valence-corrected chi connectivity index (χ0v) is 12.2. The number of halogens is 3. The smallest absolute Gasteiger partial charge is 0.153 e. The first kappa shape index (κ1) is 13.2. The van der Waals surface area contributed by atoms with Crippen molar-refractivity contribution in [2.75, 3.05) is 0 Å². The highest BCUT2D eigenvalue weighted by molar-refractivity contribution is 9.10. The van der Waals surface area contributed by atoms with Crippen LogP contribution in [-0.2, 0) is 0 Å². The molecule has 0 amide bonds. The quantitative estimate of drug-likeness (QED) is 0.711. The highest BCUT2D eigenvalue weighted by Crippen LogP contribution is 2.29. The number of aldehydes is 1. The van der Waals surface area contributed by atoms with Crippen molar-refractivity contribution in [3.8, 4) is 11.5 Å². The number of hydrogen-bond acceptors (Lipinski definition) is 2. The third-order valence-electron chi connectivity index (χ3n) is 2.22. The molecule has 0 fully saturated rings. The summed E-state index contributed by atoms with van der Waals surface area (Å²) in [4.78, 5) is 10.9. The Labute approximate surface area is 120 Å². The largest absolute Gasteiger partial charge is 0.457 e. The minimum absolute atomic E-state index is 0.334. The number of carbonyl (C=O) groups excluding carboxylic acids is 1. The van der Waals surface area contributed by atoms with E-state index < -0.39 is 5.82 Å². The van der Waals surface area contributed by atoms with Gasteiger partial charge in [-0.15, -0.1) is 0 Å². The zero-order chi connectivity index (χ0) is 13.1. The summed E-state index contributed by atoms with van der Waals surface area (Å²) in [5.74, 6) is 0.299. The van der Waals surface area contributed by atoms with Gasteiger partial charge in [0, 0.05) is 10.5 Å². The maximum Gasteiger partial charge on any atom is 0.153 e. The highest BCUT2D eigenvalue weighted by atomic mass is 79.9. The van der Waals surface area contributed by atoms with E-state index >= 15 is 0 Å². The van der Waals surface area contributed by atoms with E-state index in [0.717, 1.165) is 4.47 Å². The second-order valence-corrected chi connectivity index (χ2v) is 5.25. The summed E-state index contributed by atoms with van der Waals surface area (Å²) in [7, 11) is 0. The van der Waals surface area contributed by atoms with Crippen molar-refractivity contribution < 1.29 is 13.9 Å². The normalized spacial score (nSPS) is 10.2. The van der Waals surface area contributed by atoms with Gasteiger partial charge in [0.25, 0.3) is 0 Å². The van der Waals surface area contributed by atoms with Gasteiger partial charge in [-0.05, 0) is 46.3 Å². The molecule has 92 valence electrons. The Bertz CT molecular complexity index is 600. The first-order chi connectivity index (χ1) is 8.60. The van der Waals surface area contributed by atoms with Gasteiger partial charge < -0.3 is 4.74 Å². The van der Waals surface area contributed by atoms with Crippen LogP contribution in [0.1, 0.15) is 10.4 Å². The average Bonchev–Trinajstić information content (AvgIpc) is 2.36. The van der Waals surface area contributed by atoms with Crippen molar-refractivity contribution in [3.63, 3.8) is 0 Å². The second kappa shape index (κ2) is 5.63. The molecule has 0 saturated carbocycles. The minimum atomic E-state index is -0.419. The highest BCUT2D eigenvalue weighted by Gasteiger charge is 2.07. The summed E-state index contributed by atoms with van der Waals surface area (Å²) < 4.78 is 19.9. The summed E-state index contributed by atoms with van der Waals surface area (Å²) in [6, 6.07) is 9.44. The van der Waals surface area contributed by atoms with E-state index in [1.54, 1.807) is 30.3 Å². The summed E-state index contributed by atoms with van der Waals surface area (Å²) in [5, 5.41) is 0. The molecule has 0 spiro atoms. The predicted octanol–water partition coefficient (Wildman–Crippen LogP) is 4.96. The lowest BCUT2D eigenvalue weighted by molar-refractivity contribution is 0.112. The van der Waals surface area contributed by atoms with Crippen LogP contribution in [0.25, 0.3) is 0 Å². The first-order valence-electron chi connectivity index (χ1n) is 4.98. The van der Waals surface area contributed by atoms with Crippen LogP contribution in [-0.4, -0.2) is 6.29 Å². The van der Waals surface area contributed by atoms with Crippen molar-refractivity contribution in [2.45, 2.75) is 0 Å². The molecule has 0 aromatic heterocycles. The zero-order valence-electron chi connectivity index (χ0n) is 8.99. The van der Waals surface area contributed by atoms with E-state index in [1.807, 2.05) is 0 Å². The Balaban J connectivity index is 2.33. The molecule has 0 unspecified atom stereocenters. The maximum atomic E-state index is 13.3. The van der Waals surface area contributed by atoms with Crippen LogP contribution in [0.4, 0.5) is 4.39 Å². The van der Waals surface area contributed by atoms with Gasteiger partial charge in [0.1, 0.15) is 17.3 Å². The summed E-state index contributed by atoms with van der Waals surface area (Å²) >= 11 is 6.32. The molecule has 2 aromatic carbocycles. The van der Waals surface area contributed by atoms with Crippen molar-refractivity contribution in [3.05, 3.63) is 56.7 Å². The van der Waals surface area contributed by atoms with Crippen LogP contribution in [0.5, 0.6) is 11.5 Å². The number of rotatable bonds is 3. The monoisotopic (exact) mass is 372 g/mol. The number of benzene rings is 2. The molecule has 0 aliphatic heterocycles. The third kappa shape index (κ3) is 2.97. The minimum Gasteiger partial charge on any atom is -0.457 e. The van der Waals surface area contributed by atoms with Crippen LogP contribution in [0.2, 0.25) is 0 Å². The van der Waals surface area contributed by atoms with Crippen LogP contribution in [0.3, 0.4) is 0 Å². The molecule has 0 aliphatic rings. The van der Waals surface area contributed by atoms with Crippen molar-refractivity contribution in [1.29, 1.82) is 0 Å². The maximum absolute atomic E-state index is 13.3. The molecule has 0 radical (unpaired) electrons. The molecule has 18 heavy (non-hydrogen) atoms. The van der Waals surface area contributed by atoms with Gasteiger partial charge in [0.05, 0.1) is 10.0 Å². The number of hydrogen-bond donors (Lipinski definition) is 0. The fraction of sp³-hybridized carbons (Fsp3) is 0. The molecular weight excluding hydrogens is 367 g/mol. The second-order valence-electron chi connectivity index (χ2n) is 3.48. The van der Waals surface area contributed by atoms with E-state index in [9.17, 15) is 9.18 Å². The number of ether oxygens (including phenoxy) is 1. The van der Waals surface area contributed by atoms with E-state index in [-0.39, 0.29) is 0 Å². The van der Waals surface area contributed by atoms with Crippen LogP contribution in [0.15, 0.2) is 45.3 Å². The predicted molar refractivity (Wildman–Crippen MR) is 73.7 cm³/mol. The van der Waals surface area contributed by atoms with Crippen LogP contribution >= 0.6 is 31.9 Å². The molecule has 0 N–H and O–H groups in total. The summed E-state index contributed by atoms with van der Waals surface area (Å²) in [6.07, 6.45) is 0.690. The molecule has 0 heterocycles. The summed E-state index contributed by atoms with van der Waals surface area (Å²) in [5.41, 5.74) is 0.396. The lowest BCUT2D eigenvalue weighted by Gasteiger charge is -2.08. The molecule has 2 aromatic rings. The van der Waals surface area contributed by atoms with Crippen molar-refractivity contribution >= 4 is 38.1 Å². The lowest BCUT2D eigenvalue weighted by atomic mass is 10.2. The SMILES string of the molecule is O=Cc1cc(Br)ccc1Oc1ccc(Br)c(F)c1. The van der Waals surface area contributed by atoms with Gasteiger partial charge >= 0.3 is 0 Å². The van der Waals surface area contributed by atoms with E-state index in [2.05, 4.69) is 31.9 Å². The standard InChI is InChI=1S/C13H7Br2FO2/c14-9-1-4-13(8(5-9)7-17)18-10-2-3-11(15)12(16)6-10/h1-7H. The van der Waals surface area contributed by atoms with Gasteiger partial charge in [0.2, 0.25) is 0 Å². The van der Waals surface area contributed by atoms with E-state index in [1.165, 1.54) is 6.07 Å². The Morgan fingerprint density at radius 1 is 1.11 bits per heavy atom. The third-order valence-corrected chi connectivity index (χ3v) is 3.35. The molecule has 2 nitrogen and oxygen atoms in total. The average molecular weight is 374 g/mol. The Morgan fingerprint density at radius 2 is 1.89 bits per heavy atom. The molecule has 0 bridgehead atoms. The lowest BCUT2D eigenvalue weighted by Crippen LogP contribution is -1.91. The van der Waals surface area contributed by atoms with Crippen molar-refractivity contribution in [1.82, 2.24) is 0 Å². The molecule has 2 rings (SSSR count). The number of carbonyl (C=O) groups is 1. The molecule has 5 heteroatoms. The Kier molecular flexibility index (Phi) is 4.14. The van der Waals surface area contributed by atoms with Crippen LogP contribution < -0.4 is 4.74 Å². The van der Waals surface area contributed by atoms with Gasteiger partial charge in [0.15, 0.2) is 6.29 Å². The van der Waals surface area contributed by atoms with Gasteiger partial charge in [-0.1, -0.05) is 15.9 Å².